The average molecular weight is 342 g/mol. The van der Waals surface area contributed by atoms with E-state index < -0.39 is 12.1 Å². The van der Waals surface area contributed by atoms with Crippen molar-refractivity contribution < 1.29 is 14.3 Å². The highest BCUT2D eigenvalue weighted by molar-refractivity contribution is 5.90. The number of hydrogen-bond acceptors (Lipinski definition) is 5. The number of esters is 1. The highest BCUT2D eigenvalue weighted by Gasteiger charge is 2.16. The second kappa shape index (κ2) is 8.77. The van der Waals surface area contributed by atoms with Crippen molar-refractivity contribution in [2.24, 2.45) is 0 Å². The van der Waals surface area contributed by atoms with E-state index in [1.807, 2.05) is 44.2 Å². The van der Waals surface area contributed by atoms with Gasteiger partial charge in [0.15, 0.2) is 6.10 Å². The van der Waals surface area contributed by atoms with Crippen LogP contribution in [0.1, 0.15) is 32.0 Å². The third kappa shape index (κ3) is 6.21. The van der Waals surface area contributed by atoms with Crippen LogP contribution in [0.2, 0.25) is 0 Å². The van der Waals surface area contributed by atoms with E-state index in [2.05, 4.69) is 15.6 Å². The minimum Gasteiger partial charge on any atom is -0.449 e. The van der Waals surface area contributed by atoms with Gasteiger partial charge >= 0.3 is 5.97 Å². The molecular weight excluding hydrogens is 320 g/mol. The van der Waals surface area contributed by atoms with Gasteiger partial charge in [0.2, 0.25) is 0 Å². The molecule has 0 saturated carbocycles. The SMILES string of the molecule is CC(C)NC(=O)[C@H](C)OC(=O)/C=C/c1cn(Cc2ccccc2)nn1. The zero-order valence-electron chi connectivity index (χ0n) is 14.5. The molecule has 0 aliphatic heterocycles. The van der Waals surface area contributed by atoms with Gasteiger partial charge in [0.25, 0.3) is 5.91 Å². The summed E-state index contributed by atoms with van der Waals surface area (Å²) in [6.07, 6.45) is 3.61. The summed E-state index contributed by atoms with van der Waals surface area (Å²) in [7, 11) is 0. The zero-order valence-corrected chi connectivity index (χ0v) is 14.5. The van der Waals surface area contributed by atoms with Gasteiger partial charge in [-0.2, -0.15) is 0 Å². The van der Waals surface area contributed by atoms with Gasteiger partial charge < -0.3 is 10.1 Å². The number of carbonyl (C=O) groups excluding carboxylic acids is 2. The van der Waals surface area contributed by atoms with Crippen molar-refractivity contribution in [2.75, 3.05) is 0 Å². The Morgan fingerprint density at radius 2 is 1.96 bits per heavy atom. The highest BCUT2D eigenvalue weighted by atomic mass is 16.5. The van der Waals surface area contributed by atoms with Gasteiger partial charge in [-0.3, -0.25) is 4.79 Å². The minimum atomic E-state index is -0.853. The normalized spacial score (nSPS) is 12.3. The summed E-state index contributed by atoms with van der Waals surface area (Å²) in [5, 5.41) is 10.7. The molecule has 0 fully saturated rings. The van der Waals surface area contributed by atoms with E-state index in [1.54, 1.807) is 10.9 Å². The number of nitrogens with zero attached hydrogens (tertiary/aromatic N) is 3. The Hall–Kier alpha value is -2.96. The molecule has 132 valence electrons. The predicted molar refractivity (Wildman–Crippen MR) is 93.4 cm³/mol. The second-order valence-electron chi connectivity index (χ2n) is 5.90. The number of rotatable bonds is 7. The molecule has 0 bridgehead atoms. The topological polar surface area (TPSA) is 86.1 Å². The fourth-order valence-corrected chi connectivity index (χ4v) is 2.06. The number of ether oxygens (including phenoxy) is 1. The van der Waals surface area contributed by atoms with Crippen LogP contribution in [0.3, 0.4) is 0 Å². The molecule has 1 amide bonds. The lowest BCUT2D eigenvalue weighted by Crippen LogP contribution is -2.39. The fraction of sp³-hybridized carbons (Fsp3) is 0.333. The molecule has 1 atom stereocenters. The molecule has 2 aromatic rings. The number of amides is 1. The maximum atomic E-state index is 11.8. The molecule has 0 saturated heterocycles. The summed E-state index contributed by atoms with van der Waals surface area (Å²) >= 11 is 0. The van der Waals surface area contributed by atoms with E-state index >= 15 is 0 Å². The molecule has 0 aliphatic rings. The average Bonchev–Trinajstić information content (AvgIpc) is 3.00. The lowest BCUT2D eigenvalue weighted by atomic mass is 10.2. The first-order valence-corrected chi connectivity index (χ1v) is 8.07. The van der Waals surface area contributed by atoms with Crippen molar-refractivity contribution in [1.29, 1.82) is 0 Å². The fourth-order valence-electron chi connectivity index (χ4n) is 2.06. The molecule has 1 heterocycles. The van der Waals surface area contributed by atoms with E-state index in [-0.39, 0.29) is 11.9 Å². The molecule has 2 rings (SSSR count). The number of aromatic nitrogens is 3. The van der Waals surface area contributed by atoms with E-state index in [0.29, 0.717) is 12.2 Å². The van der Waals surface area contributed by atoms with Crippen LogP contribution in [0.5, 0.6) is 0 Å². The first-order valence-electron chi connectivity index (χ1n) is 8.07. The third-order valence-electron chi connectivity index (χ3n) is 3.23. The number of carbonyl (C=O) groups is 2. The van der Waals surface area contributed by atoms with E-state index in [9.17, 15) is 9.59 Å². The molecule has 1 aromatic heterocycles. The van der Waals surface area contributed by atoms with Crippen LogP contribution in [0.25, 0.3) is 6.08 Å². The third-order valence-corrected chi connectivity index (χ3v) is 3.23. The molecule has 1 N–H and O–H groups in total. The van der Waals surface area contributed by atoms with Gasteiger partial charge in [-0.25, -0.2) is 9.48 Å². The molecule has 0 aliphatic carbocycles. The van der Waals surface area contributed by atoms with Gasteiger partial charge in [-0.05, 0) is 32.4 Å². The maximum Gasteiger partial charge on any atom is 0.331 e. The van der Waals surface area contributed by atoms with Crippen LogP contribution in [0.15, 0.2) is 42.6 Å². The second-order valence-corrected chi connectivity index (χ2v) is 5.90. The van der Waals surface area contributed by atoms with Gasteiger partial charge in [-0.15, -0.1) is 5.10 Å². The van der Waals surface area contributed by atoms with Gasteiger partial charge in [0.1, 0.15) is 5.69 Å². The van der Waals surface area contributed by atoms with Crippen LogP contribution in [-0.4, -0.2) is 39.0 Å². The molecule has 7 heteroatoms. The van der Waals surface area contributed by atoms with Gasteiger partial charge in [-0.1, -0.05) is 35.5 Å². The van der Waals surface area contributed by atoms with Crippen molar-refractivity contribution in [3.63, 3.8) is 0 Å². The summed E-state index contributed by atoms with van der Waals surface area (Å²) in [6.45, 7) is 5.80. The van der Waals surface area contributed by atoms with Crippen LogP contribution < -0.4 is 5.32 Å². The monoisotopic (exact) mass is 342 g/mol. The number of nitrogens with one attached hydrogen (secondary N) is 1. The molecule has 0 radical (unpaired) electrons. The quantitative estimate of drug-likeness (QED) is 0.612. The molecular formula is C18H22N4O3. The van der Waals surface area contributed by atoms with Crippen molar-refractivity contribution in [3.05, 3.63) is 53.9 Å². The summed E-state index contributed by atoms with van der Waals surface area (Å²) in [5.74, 6) is -0.936. The van der Waals surface area contributed by atoms with Crippen molar-refractivity contribution in [2.45, 2.75) is 39.5 Å². The summed E-state index contributed by atoms with van der Waals surface area (Å²) in [4.78, 5) is 23.5. The van der Waals surface area contributed by atoms with E-state index in [4.69, 9.17) is 4.74 Å². The molecule has 1 aromatic carbocycles. The lowest BCUT2D eigenvalue weighted by molar-refractivity contribution is -0.150. The molecule has 0 unspecified atom stereocenters. The summed E-state index contributed by atoms with van der Waals surface area (Å²) < 4.78 is 6.72. The van der Waals surface area contributed by atoms with Crippen molar-refractivity contribution in [1.82, 2.24) is 20.3 Å². The molecule has 7 nitrogen and oxygen atoms in total. The lowest BCUT2D eigenvalue weighted by Gasteiger charge is -2.14. The first-order chi connectivity index (χ1) is 11.9. The van der Waals surface area contributed by atoms with Crippen LogP contribution in [0, 0.1) is 0 Å². The molecule has 0 spiro atoms. The van der Waals surface area contributed by atoms with Crippen molar-refractivity contribution in [3.8, 4) is 0 Å². The Morgan fingerprint density at radius 1 is 1.24 bits per heavy atom. The first kappa shape index (κ1) is 18.4. The number of benzene rings is 1. The Labute approximate surface area is 146 Å². The van der Waals surface area contributed by atoms with E-state index in [1.165, 1.54) is 19.1 Å². The van der Waals surface area contributed by atoms with Gasteiger partial charge in [0.05, 0.1) is 12.7 Å². The largest absolute Gasteiger partial charge is 0.449 e. The van der Waals surface area contributed by atoms with Crippen LogP contribution in [0.4, 0.5) is 0 Å². The highest BCUT2D eigenvalue weighted by Crippen LogP contribution is 2.04. The Kier molecular flexibility index (Phi) is 6.45. The van der Waals surface area contributed by atoms with Crippen LogP contribution in [-0.2, 0) is 20.9 Å². The maximum absolute atomic E-state index is 11.8. The minimum absolute atomic E-state index is 0.0103. The zero-order chi connectivity index (χ0) is 18.2. The smallest absolute Gasteiger partial charge is 0.331 e. The Morgan fingerprint density at radius 3 is 2.64 bits per heavy atom. The Bertz CT molecular complexity index is 738. The van der Waals surface area contributed by atoms with Crippen LogP contribution >= 0.6 is 0 Å². The Balaban J connectivity index is 1.87. The predicted octanol–water partition coefficient (Wildman–Crippen LogP) is 1.80. The standard InChI is InChI=1S/C18H22N4O3/c1-13(2)19-18(24)14(3)25-17(23)10-9-16-12-22(21-20-16)11-15-7-5-4-6-8-15/h4-10,12-14H,11H2,1-3H3,(H,19,24)/b10-9+/t14-/m0/s1. The molecule has 25 heavy (non-hydrogen) atoms. The van der Waals surface area contributed by atoms with E-state index in [0.717, 1.165) is 5.56 Å². The summed E-state index contributed by atoms with van der Waals surface area (Å²) in [6, 6.07) is 9.85. The van der Waals surface area contributed by atoms with Gasteiger partial charge in [0, 0.05) is 12.1 Å². The summed E-state index contributed by atoms with van der Waals surface area (Å²) in [5.41, 5.74) is 1.64. The van der Waals surface area contributed by atoms with Crippen molar-refractivity contribution >= 4 is 18.0 Å². The number of hydrogen-bond donors (Lipinski definition) is 1.